The zero-order valence-electron chi connectivity index (χ0n) is 7.59. The normalized spacial score (nSPS) is 12.7. The van der Waals surface area contributed by atoms with Crippen molar-refractivity contribution in [1.82, 2.24) is 10.5 Å². The molecule has 3 nitrogen and oxygen atoms in total. The highest BCUT2D eigenvalue weighted by Gasteiger charge is 2.00. The van der Waals surface area contributed by atoms with E-state index < -0.39 is 0 Å². The lowest BCUT2D eigenvalue weighted by atomic mass is 10.5. The lowest BCUT2D eigenvalue weighted by Crippen LogP contribution is -2.18. The molecule has 2 unspecified atom stereocenters. The summed E-state index contributed by atoms with van der Waals surface area (Å²) in [7, 11) is 5.93. The number of rotatable bonds is 6. The largest absolute Gasteiger partial charge is 0.316 e. The second kappa shape index (κ2) is 7.49. The van der Waals surface area contributed by atoms with E-state index in [1.54, 1.807) is 27.8 Å². The average molecular weight is 248 g/mol. The summed E-state index contributed by atoms with van der Waals surface area (Å²) in [6.07, 6.45) is 2.70. The first kappa shape index (κ1) is 12.3. The van der Waals surface area contributed by atoms with Gasteiger partial charge in [-0.15, -0.1) is 9.24 Å². The predicted molar refractivity (Wildman–Crippen MR) is 65.6 cm³/mol. The topological polar surface area (TPSA) is 45.1 Å². The van der Waals surface area contributed by atoms with E-state index >= 15 is 0 Å². The summed E-state index contributed by atoms with van der Waals surface area (Å²) in [5.74, 6) is 1.05. The third-order valence-electron chi connectivity index (χ3n) is 1.46. The smallest absolute Gasteiger partial charge is 0.106 e. The van der Waals surface area contributed by atoms with Gasteiger partial charge in [0.25, 0.3) is 0 Å². The van der Waals surface area contributed by atoms with Crippen LogP contribution in [0.2, 0.25) is 0 Å². The van der Waals surface area contributed by atoms with Gasteiger partial charge in [0.2, 0.25) is 0 Å². The average Bonchev–Trinajstić information content (AvgIpc) is 2.25. The van der Waals surface area contributed by atoms with Crippen molar-refractivity contribution in [2.75, 3.05) is 5.75 Å². The Labute approximate surface area is 94.0 Å². The van der Waals surface area contributed by atoms with E-state index in [0.717, 1.165) is 17.2 Å². The van der Waals surface area contributed by atoms with E-state index in [-0.39, 0.29) is 5.78 Å². The van der Waals surface area contributed by atoms with Crippen molar-refractivity contribution in [1.29, 1.82) is 0 Å². The van der Waals surface area contributed by atoms with Gasteiger partial charge in [-0.2, -0.15) is 5.48 Å². The summed E-state index contributed by atoms with van der Waals surface area (Å²) in [5, 5.41) is 9.57. The maximum Gasteiger partial charge on any atom is 0.106 e. The molecule has 0 saturated carbocycles. The lowest BCUT2D eigenvalue weighted by molar-refractivity contribution is 0.155. The van der Waals surface area contributed by atoms with Gasteiger partial charge >= 0.3 is 0 Å². The van der Waals surface area contributed by atoms with Gasteiger partial charge in [-0.25, -0.2) is 4.98 Å². The highest BCUT2D eigenvalue weighted by atomic mass is 33.1. The first-order chi connectivity index (χ1) is 6.83. The molecule has 6 heteroatoms. The van der Waals surface area contributed by atoms with E-state index in [0.29, 0.717) is 0 Å². The molecular weight excluding hydrogens is 235 g/mol. The molecule has 78 valence electrons. The first-order valence-corrected chi connectivity index (χ1v) is 7.17. The van der Waals surface area contributed by atoms with Gasteiger partial charge in [-0.3, -0.25) is 0 Å². The highest BCUT2D eigenvalue weighted by molar-refractivity contribution is 8.76. The monoisotopic (exact) mass is 248 g/mol. The summed E-state index contributed by atoms with van der Waals surface area (Å²) in [5.41, 5.74) is 2.19. The Morgan fingerprint density at radius 2 is 2.43 bits per heavy atom. The molecule has 0 fully saturated rings. The SMILES string of the molecule is ONC(P)CCSSc1ccccn1. The van der Waals surface area contributed by atoms with Crippen LogP contribution in [-0.2, 0) is 0 Å². The van der Waals surface area contributed by atoms with Crippen molar-refractivity contribution in [3.63, 3.8) is 0 Å². The molecule has 0 aliphatic rings. The molecule has 0 bridgehead atoms. The minimum absolute atomic E-state index is 0.0758. The van der Waals surface area contributed by atoms with E-state index in [2.05, 4.69) is 19.7 Å². The third-order valence-corrected chi connectivity index (χ3v) is 4.24. The highest BCUT2D eigenvalue weighted by Crippen LogP contribution is 2.29. The van der Waals surface area contributed by atoms with Crippen molar-refractivity contribution < 1.29 is 5.21 Å². The molecule has 0 aliphatic heterocycles. The van der Waals surface area contributed by atoms with Crippen LogP contribution in [0, 0.1) is 0 Å². The molecule has 1 aromatic rings. The standard InChI is InChI=1S/C8H13N2OPS2/c11-10-7(12)4-6-13-14-8-3-1-2-5-9-8/h1-3,5,7,10-11H,4,6,12H2. The molecule has 0 aromatic carbocycles. The number of hydrogen-bond acceptors (Lipinski definition) is 5. The molecule has 1 rings (SSSR count). The van der Waals surface area contributed by atoms with Gasteiger partial charge < -0.3 is 5.21 Å². The molecule has 0 saturated heterocycles. The maximum atomic E-state index is 8.55. The van der Waals surface area contributed by atoms with Gasteiger partial charge in [-0.05, 0) is 29.3 Å². The second-order valence-corrected chi connectivity index (χ2v) is 5.84. The second-order valence-electron chi connectivity index (χ2n) is 2.60. The van der Waals surface area contributed by atoms with Crippen LogP contribution in [0.5, 0.6) is 0 Å². The fourth-order valence-electron chi connectivity index (χ4n) is 0.738. The Hall–Kier alpha value is 0.200. The number of nitrogens with zero attached hydrogens (tertiary/aromatic N) is 1. The van der Waals surface area contributed by atoms with Crippen LogP contribution in [0.25, 0.3) is 0 Å². The van der Waals surface area contributed by atoms with Crippen molar-refractivity contribution in [3.05, 3.63) is 24.4 Å². The third kappa shape index (κ3) is 5.17. The van der Waals surface area contributed by atoms with E-state index in [4.69, 9.17) is 5.21 Å². The fraction of sp³-hybridized carbons (Fsp3) is 0.375. The van der Waals surface area contributed by atoms with Crippen LogP contribution in [0.3, 0.4) is 0 Å². The van der Waals surface area contributed by atoms with E-state index in [9.17, 15) is 0 Å². The predicted octanol–water partition coefficient (Wildman–Crippen LogP) is 2.39. The maximum absolute atomic E-state index is 8.55. The number of pyridine rings is 1. The van der Waals surface area contributed by atoms with Crippen LogP contribution in [0.1, 0.15) is 6.42 Å². The summed E-state index contributed by atoms with van der Waals surface area (Å²) in [6.45, 7) is 0. The van der Waals surface area contributed by atoms with Gasteiger partial charge in [0.1, 0.15) is 5.03 Å². The van der Waals surface area contributed by atoms with E-state index in [1.807, 2.05) is 18.2 Å². The van der Waals surface area contributed by atoms with Gasteiger partial charge in [0.15, 0.2) is 0 Å². The Kier molecular flexibility index (Phi) is 6.56. The van der Waals surface area contributed by atoms with Crippen molar-refractivity contribution in [2.24, 2.45) is 0 Å². The van der Waals surface area contributed by atoms with Crippen LogP contribution in [0.4, 0.5) is 0 Å². The minimum Gasteiger partial charge on any atom is -0.316 e. The van der Waals surface area contributed by atoms with Crippen LogP contribution in [-0.4, -0.2) is 21.7 Å². The molecule has 2 N–H and O–H groups in total. The fourth-order valence-corrected chi connectivity index (χ4v) is 3.14. The Morgan fingerprint density at radius 1 is 1.57 bits per heavy atom. The minimum atomic E-state index is 0.0758. The molecule has 0 radical (unpaired) electrons. The summed E-state index contributed by atoms with van der Waals surface area (Å²) in [4.78, 5) is 4.19. The molecule has 14 heavy (non-hydrogen) atoms. The molecule has 0 spiro atoms. The van der Waals surface area contributed by atoms with Gasteiger partial charge in [-0.1, -0.05) is 16.9 Å². The number of aromatic nitrogens is 1. The first-order valence-electron chi connectivity index (χ1n) is 4.18. The Morgan fingerprint density at radius 3 is 3.07 bits per heavy atom. The Balaban J connectivity index is 2.10. The summed E-state index contributed by atoms with van der Waals surface area (Å²) in [6, 6.07) is 5.87. The summed E-state index contributed by atoms with van der Waals surface area (Å²) >= 11 is 0. The summed E-state index contributed by atoms with van der Waals surface area (Å²) < 4.78 is 0. The molecule has 0 amide bonds. The van der Waals surface area contributed by atoms with E-state index in [1.165, 1.54) is 0 Å². The van der Waals surface area contributed by atoms with Crippen molar-refractivity contribution in [2.45, 2.75) is 17.2 Å². The quantitative estimate of drug-likeness (QED) is 0.350. The Bertz CT molecular complexity index is 250. The molecule has 0 aliphatic carbocycles. The van der Waals surface area contributed by atoms with Crippen LogP contribution < -0.4 is 5.48 Å². The van der Waals surface area contributed by atoms with Crippen LogP contribution >= 0.6 is 30.8 Å². The molecule has 2 atom stereocenters. The van der Waals surface area contributed by atoms with Crippen molar-refractivity contribution >= 4 is 30.8 Å². The van der Waals surface area contributed by atoms with Gasteiger partial charge in [0, 0.05) is 17.7 Å². The molecule has 1 heterocycles. The zero-order chi connectivity index (χ0) is 10.2. The lowest BCUT2D eigenvalue weighted by Gasteiger charge is -2.06. The zero-order valence-corrected chi connectivity index (χ0v) is 10.4. The van der Waals surface area contributed by atoms with Crippen LogP contribution in [0.15, 0.2) is 29.4 Å². The number of nitrogens with one attached hydrogen (secondary N) is 1. The van der Waals surface area contributed by atoms with Gasteiger partial charge in [0.05, 0.1) is 0 Å². The molecular formula is C8H13N2OPS2. The van der Waals surface area contributed by atoms with Crippen molar-refractivity contribution in [3.8, 4) is 0 Å². The number of hydrogen-bond donors (Lipinski definition) is 2. The molecule has 1 aromatic heterocycles. The number of hydroxylamine groups is 1.